The van der Waals surface area contributed by atoms with Gasteiger partial charge in [0.15, 0.2) is 0 Å². The number of aromatic nitrogens is 1. The molecule has 2 heteroatoms. The fourth-order valence-corrected chi connectivity index (χ4v) is 13.9. The largest absolute Gasteiger partial charge is 0.310 e. The first kappa shape index (κ1) is 39.6. The van der Waals surface area contributed by atoms with Gasteiger partial charge < -0.3 is 9.47 Å². The van der Waals surface area contributed by atoms with Gasteiger partial charge >= 0.3 is 0 Å². The fourth-order valence-electron chi connectivity index (χ4n) is 13.9. The van der Waals surface area contributed by atoms with Crippen molar-refractivity contribution in [3.8, 4) is 27.9 Å². The second kappa shape index (κ2) is 14.6. The van der Waals surface area contributed by atoms with Gasteiger partial charge in [0.05, 0.1) is 33.2 Å². The fraction of sp³-hybridized carbons (Fsp3) is 0.0286. The van der Waals surface area contributed by atoms with Crippen LogP contribution in [0.15, 0.2) is 267 Å². The maximum Gasteiger partial charge on any atom is 0.0755 e. The Morgan fingerprint density at radius 2 is 0.875 bits per heavy atom. The van der Waals surface area contributed by atoms with E-state index in [1.54, 1.807) is 0 Å². The first-order valence-electron chi connectivity index (χ1n) is 25.2. The third kappa shape index (κ3) is 4.98. The van der Waals surface area contributed by atoms with Gasteiger partial charge in [-0.2, -0.15) is 0 Å². The number of benzene rings is 12. The summed E-state index contributed by atoms with van der Waals surface area (Å²) in [6.45, 7) is 0. The van der Waals surface area contributed by atoms with Gasteiger partial charge in [0.25, 0.3) is 0 Å². The molecule has 2 aliphatic carbocycles. The van der Waals surface area contributed by atoms with E-state index in [2.05, 4.69) is 276 Å². The summed E-state index contributed by atoms with van der Waals surface area (Å²) in [6.07, 6.45) is 0. The summed E-state index contributed by atoms with van der Waals surface area (Å²) in [5.74, 6) is 0. The monoisotopic (exact) mass is 912 g/mol. The van der Waals surface area contributed by atoms with E-state index in [1.165, 1.54) is 116 Å². The molecule has 0 amide bonds. The van der Waals surface area contributed by atoms with E-state index < -0.39 is 10.8 Å². The van der Waals surface area contributed by atoms with Gasteiger partial charge in [-0.1, -0.05) is 224 Å². The lowest BCUT2D eigenvalue weighted by molar-refractivity contribution is 0.748. The summed E-state index contributed by atoms with van der Waals surface area (Å²) >= 11 is 0. The summed E-state index contributed by atoms with van der Waals surface area (Å²) in [5, 5.41) is 7.49. The first-order valence-corrected chi connectivity index (χ1v) is 25.2. The highest BCUT2D eigenvalue weighted by Gasteiger charge is 2.52. The Bertz CT molecular complexity index is 4370. The number of anilines is 3. The van der Waals surface area contributed by atoms with Gasteiger partial charge in [-0.15, -0.1) is 0 Å². The average Bonchev–Trinajstić information content (AvgIpc) is 4.06. The van der Waals surface area contributed by atoms with Crippen molar-refractivity contribution < 1.29 is 0 Å². The van der Waals surface area contributed by atoms with Gasteiger partial charge in [-0.3, -0.25) is 0 Å². The minimum absolute atomic E-state index is 0.589. The summed E-state index contributed by atoms with van der Waals surface area (Å²) in [6, 6.07) is 101. The molecule has 1 aliphatic heterocycles. The molecule has 0 fully saturated rings. The Morgan fingerprint density at radius 3 is 1.71 bits per heavy atom. The van der Waals surface area contributed by atoms with E-state index in [1.807, 2.05) is 0 Å². The Hall–Kier alpha value is -9.24. The zero-order valence-corrected chi connectivity index (χ0v) is 39.3. The van der Waals surface area contributed by atoms with Crippen LogP contribution in [0.5, 0.6) is 0 Å². The van der Waals surface area contributed by atoms with Gasteiger partial charge in [-0.25, -0.2) is 0 Å². The van der Waals surface area contributed by atoms with Crippen molar-refractivity contribution in [2.24, 2.45) is 0 Å². The molecule has 0 bridgehead atoms. The standard InChI is InChI=1S/C70H44N2/c1-3-22-48(23-4-1)69(49-24-5-2-6-25-49)60-42-38-46-20-9-10-26-52(46)66(60)56-41-40-51(44-62(56)69)71(50-39-37-45-19-7-8-21-47(45)43-50)65-36-18-32-59-67(65)55-28-11-13-30-57(55)70(59)58-31-14-16-35-64(58)72-63-34-15-12-27-53(63)54-29-17-33-61(70)68(54)72/h1-44H. The summed E-state index contributed by atoms with van der Waals surface area (Å²) < 4.78 is 2.53. The van der Waals surface area contributed by atoms with E-state index in [9.17, 15) is 0 Å². The van der Waals surface area contributed by atoms with Crippen LogP contribution >= 0.6 is 0 Å². The molecule has 1 unspecified atom stereocenters. The van der Waals surface area contributed by atoms with E-state index in [0.29, 0.717) is 0 Å². The number of rotatable bonds is 5. The zero-order valence-electron chi connectivity index (χ0n) is 39.3. The third-order valence-corrected chi connectivity index (χ3v) is 16.6. The Morgan fingerprint density at radius 1 is 0.306 bits per heavy atom. The average molecular weight is 913 g/mol. The van der Waals surface area contributed by atoms with Gasteiger partial charge in [-0.05, 0) is 125 Å². The van der Waals surface area contributed by atoms with Crippen molar-refractivity contribution in [1.82, 2.24) is 4.57 Å². The van der Waals surface area contributed by atoms with Crippen molar-refractivity contribution in [3.63, 3.8) is 0 Å². The molecule has 1 spiro atoms. The molecule has 2 nitrogen and oxygen atoms in total. The van der Waals surface area contributed by atoms with Gasteiger partial charge in [0, 0.05) is 27.7 Å². The van der Waals surface area contributed by atoms with Crippen LogP contribution in [0, 0.1) is 0 Å². The summed E-state index contributed by atoms with van der Waals surface area (Å²) in [4.78, 5) is 2.56. The molecule has 16 rings (SSSR count). The van der Waals surface area contributed by atoms with Crippen LogP contribution < -0.4 is 4.90 Å². The van der Waals surface area contributed by atoms with Crippen LogP contribution in [0.25, 0.3) is 71.3 Å². The molecule has 1 atom stereocenters. The number of hydrogen-bond donors (Lipinski definition) is 0. The minimum atomic E-state index is -0.597. The molecule has 12 aromatic carbocycles. The summed E-state index contributed by atoms with van der Waals surface area (Å²) in [7, 11) is 0. The Labute approximate surface area is 418 Å². The van der Waals surface area contributed by atoms with Crippen molar-refractivity contribution >= 4 is 60.4 Å². The van der Waals surface area contributed by atoms with Gasteiger partial charge in [0.2, 0.25) is 0 Å². The molecule has 13 aromatic rings. The van der Waals surface area contributed by atoms with Crippen LogP contribution in [-0.4, -0.2) is 4.57 Å². The smallest absolute Gasteiger partial charge is 0.0755 e. The normalized spacial score (nSPS) is 15.4. The maximum absolute atomic E-state index is 2.56. The molecular formula is C70H44N2. The lowest BCUT2D eigenvalue weighted by Crippen LogP contribution is -2.33. The number of fused-ring (bicyclic) bond motifs is 18. The van der Waals surface area contributed by atoms with Crippen LogP contribution in [0.1, 0.15) is 44.5 Å². The molecule has 0 radical (unpaired) electrons. The molecular weight excluding hydrogens is 869 g/mol. The second-order valence-electron chi connectivity index (χ2n) is 19.9. The lowest BCUT2D eigenvalue weighted by Gasteiger charge is -2.39. The molecule has 0 saturated carbocycles. The van der Waals surface area contributed by atoms with Crippen molar-refractivity contribution in [2.45, 2.75) is 10.8 Å². The first-order chi connectivity index (χ1) is 35.7. The van der Waals surface area contributed by atoms with Crippen LogP contribution in [-0.2, 0) is 10.8 Å². The van der Waals surface area contributed by atoms with Crippen molar-refractivity contribution in [1.29, 1.82) is 0 Å². The Balaban J connectivity index is 1.02. The molecule has 0 N–H and O–H groups in total. The zero-order chi connectivity index (χ0) is 47.1. The molecule has 3 aliphatic rings. The third-order valence-electron chi connectivity index (χ3n) is 16.6. The van der Waals surface area contributed by atoms with Crippen LogP contribution in [0.4, 0.5) is 17.1 Å². The van der Waals surface area contributed by atoms with Crippen molar-refractivity contribution in [3.05, 3.63) is 311 Å². The highest BCUT2D eigenvalue weighted by Crippen LogP contribution is 2.64. The Kier molecular flexibility index (Phi) is 8.05. The number of hydrogen-bond acceptors (Lipinski definition) is 1. The highest BCUT2D eigenvalue weighted by molar-refractivity contribution is 6.13. The summed E-state index contributed by atoms with van der Waals surface area (Å²) in [5.41, 5.74) is 21.3. The second-order valence-corrected chi connectivity index (χ2v) is 19.9. The van der Waals surface area contributed by atoms with Crippen molar-refractivity contribution in [2.75, 3.05) is 4.90 Å². The molecule has 0 saturated heterocycles. The molecule has 334 valence electrons. The predicted molar refractivity (Wildman–Crippen MR) is 299 cm³/mol. The van der Waals surface area contributed by atoms with E-state index >= 15 is 0 Å². The molecule has 1 aromatic heterocycles. The molecule has 72 heavy (non-hydrogen) atoms. The van der Waals surface area contributed by atoms with Crippen LogP contribution in [0.3, 0.4) is 0 Å². The van der Waals surface area contributed by atoms with Gasteiger partial charge in [0.1, 0.15) is 0 Å². The minimum Gasteiger partial charge on any atom is -0.310 e. The topological polar surface area (TPSA) is 8.17 Å². The van der Waals surface area contributed by atoms with E-state index in [0.717, 1.165) is 17.1 Å². The van der Waals surface area contributed by atoms with E-state index in [4.69, 9.17) is 0 Å². The maximum atomic E-state index is 2.56. The molecule has 2 heterocycles. The SMILES string of the molecule is c1ccc(C2(c3ccccc3)c3cc(N(c4ccc5ccccc5c4)c4cccc5c4-c4ccccc4C54c5ccccc5-n5c6ccccc6c6cccc4c65)ccc3-c3c2ccc2ccccc32)cc1. The van der Waals surface area contributed by atoms with Crippen LogP contribution in [0.2, 0.25) is 0 Å². The highest BCUT2D eigenvalue weighted by atomic mass is 15.1. The quantitative estimate of drug-likeness (QED) is 0.167. The number of nitrogens with zero attached hydrogens (tertiary/aromatic N) is 2. The lowest BCUT2D eigenvalue weighted by atomic mass is 9.65. The predicted octanol–water partition coefficient (Wildman–Crippen LogP) is 17.6. The number of para-hydroxylation sites is 3. The van der Waals surface area contributed by atoms with E-state index in [-0.39, 0.29) is 0 Å².